The van der Waals surface area contributed by atoms with Gasteiger partial charge in [-0.1, -0.05) is 47.7 Å². The van der Waals surface area contributed by atoms with E-state index >= 15 is 0 Å². The van der Waals surface area contributed by atoms with E-state index in [2.05, 4.69) is 20.9 Å². The number of carbonyl (C=O) groups is 1. The largest absolute Gasteiger partial charge is 0.343 e. The lowest BCUT2D eigenvalue weighted by atomic mass is 10.1. The lowest BCUT2D eigenvalue weighted by molar-refractivity contribution is -0.115. The molecule has 0 aliphatic rings. The predicted octanol–water partition coefficient (Wildman–Crippen LogP) is 5.93. The van der Waals surface area contributed by atoms with Crippen molar-refractivity contribution in [1.29, 1.82) is 0 Å². The van der Waals surface area contributed by atoms with Gasteiger partial charge in [0.05, 0.1) is 16.6 Å². The van der Waals surface area contributed by atoms with E-state index in [4.69, 9.17) is 0 Å². The first-order valence-corrected chi connectivity index (χ1v) is 10.8. The third kappa shape index (κ3) is 4.07. The monoisotopic (exact) mass is 429 g/mol. The molecule has 2 heterocycles. The van der Waals surface area contributed by atoms with Gasteiger partial charge in [0.2, 0.25) is 5.91 Å². The third-order valence-corrected chi connectivity index (χ3v) is 6.21. The van der Waals surface area contributed by atoms with Crippen molar-refractivity contribution in [1.82, 2.24) is 9.55 Å². The second-order valence-electron chi connectivity index (χ2n) is 7.64. The van der Waals surface area contributed by atoms with E-state index < -0.39 is 0 Å². The van der Waals surface area contributed by atoms with Crippen molar-refractivity contribution in [2.45, 2.75) is 19.9 Å². The van der Waals surface area contributed by atoms with Crippen molar-refractivity contribution >= 4 is 43.5 Å². The zero-order chi connectivity index (χ0) is 21.4. The highest BCUT2D eigenvalue weighted by Gasteiger charge is 2.14. The average Bonchev–Trinajstić information content (AvgIpc) is 3.30. The molecule has 1 N–H and O–H groups in total. The van der Waals surface area contributed by atoms with Crippen LogP contribution in [0.1, 0.15) is 16.7 Å². The molecule has 3 aromatic carbocycles. The Morgan fingerprint density at radius 3 is 2.74 bits per heavy atom. The van der Waals surface area contributed by atoms with Crippen molar-refractivity contribution in [2.75, 3.05) is 5.32 Å². The molecule has 0 radical (unpaired) electrons. The Balaban J connectivity index is 1.39. The van der Waals surface area contributed by atoms with Crippen molar-refractivity contribution in [2.24, 2.45) is 0 Å². The summed E-state index contributed by atoms with van der Waals surface area (Å²) < 4.78 is 16.4. The van der Waals surface area contributed by atoms with Gasteiger partial charge in [-0.05, 0) is 53.9 Å². The number of aryl methyl sites for hydroxylation is 1. The highest BCUT2D eigenvalue weighted by Crippen LogP contribution is 2.27. The zero-order valence-electron chi connectivity index (χ0n) is 16.9. The summed E-state index contributed by atoms with van der Waals surface area (Å²) in [6.07, 6.45) is 2.27. The van der Waals surface area contributed by atoms with Crippen LogP contribution < -0.4 is 5.32 Å². The number of hydrogen-bond donors (Lipinski definition) is 1. The Kier molecular flexibility index (Phi) is 5.00. The van der Waals surface area contributed by atoms with Crippen LogP contribution in [-0.2, 0) is 17.8 Å². The van der Waals surface area contributed by atoms with E-state index in [0.717, 1.165) is 32.2 Å². The minimum absolute atomic E-state index is 0.0968. The molecule has 4 nitrogen and oxygen atoms in total. The standard InChI is InChI=1S/C25H20FN3OS/c1-16-6-11-21-23(12-16)31-25(27-21)28-24(30)13-18-15-29(22-5-3-2-4-20(18)22)14-17-7-9-19(26)10-8-17/h2-12,15H,13-14H2,1H3,(H,27,28,30). The molecule has 31 heavy (non-hydrogen) atoms. The molecule has 0 atom stereocenters. The van der Waals surface area contributed by atoms with Gasteiger partial charge < -0.3 is 9.88 Å². The van der Waals surface area contributed by atoms with Crippen LogP contribution in [0.3, 0.4) is 0 Å². The van der Waals surface area contributed by atoms with Crippen LogP contribution in [0.15, 0.2) is 72.9 Å². The van der Waals surface area contributed by atoms with Crippen LogP contribution in [0.5, 0.6) is 0 Å². The maximum atomic E-state index is 13.2. The van der Waals surface area contributed by atoms with Crippen molar-refractivity contribution in [3.8, 4) is 0 Å². The smallest absolute Gasteiger partial charge is 0.230 e. The fraction of sp³-hybridized carbons (Fsp3) is 0.120. The van der Waals surface area contributed by atoms with Gasteiger partial charge in [-0.3, -0.25) is 4.79 Å². The second-order valence-corrected chi connectivity index (χ2v) is 8.67. The molecule has 0 aliphatic carbocycles. The first kappa shape index (κ1) is 19.5. The Bertz CT molecular complexity index is 1400. The zero-order valence-corrected chi connectivity index (χ0v) is 17.7. The molecular formula is C25H20FN3OS. The summed E-state index contributed by atoms with van der Waals surface area (Å²) in [4.78, 5) is 17.3. The van der Waals surface area contributed by atoms with E-state index in [9.17, 15) is 9.18 Å². The Hall–Kier alpha value is -3.51. The van der Waals surface area contributed by atoms with Crippen LogP contribution in [-0.4, -0.2) is 15.5 Å². The van der Waals surface area contributed by atoms with Gasteiger partial charge in [-0.15, -0.1) is 0 Å². The van der Waals surface area contributed by atoms with Crippen LogP contribution in [0, 0.1) is 12.7 Å². The first-order chi connectivity index (χ1) is 15.0. The van der Waals surface area contributed by atoms with Gasteiger partial charge in [-0.25, -0.2) is 9.37 Å². The maximum Gasteiger partial charge on any atom is 0.230 e. The second kappa shape index (κ2) is 7.96. The number of aromatic nitrogens is 2. The lowest BCUT2D eigenvalue weighted by Gasteiger charge is -2.05. The van der Waals surface area contributed by atoms with Crippen LogP contribution in [0.2, 0.25) is 0 Å². The van der Waals surface area contributed by atoms with Crippen LogP contribution in [0.25, 0.3) is 21.1 Å². The lowest BCUT2D eigenvalue weighted by Crippen LogP contribution is -2.14. The van der Waals surface area contributed by atoms with Crippen molar-refractivity contribution in [3.63, 3.8) is 0 Å². The van der Waals surface area contributed by atoms with Crippen molar-refractivity contribution in [3.05, 3.63) is 95.4 Å². The third-order valence-electron chi connectivity index (χ3n) is 5.28. The van der Waals surface area contributed by atoms with Gasteiger partial charge in [0, 0.05) is 23.6 Å². The molecular weight excluding hydrogens is 409 g/mol. The molecule has 0 saturated carbocycles. The quantitative estimate of drug-likeness (QED) is 0.376. The maximum absolute atomic E-state index is 13.2. The summed E-state index contributed by atoms with van der Waals surface area (Å²) in [6, 6.07) is 20.6. The van der Waals surface area contributed by atoms with E-state index in [0.29, 0.717) is 11.7 Å². The molecule has 5 rings (SSSR count). The number of amides is 1. The van der Waals surface area contributed by atoms with E-state index in [1.807, 2.05) is 49.5 Å². The number of benzene rings is 3. The number of para-hydroxylation sites is 1. The molecule has 2 aromatic heterocycles. The first-order valence-electron chi connectivity index (χ1n) is 10.0. The summed E-state index contributed by atoms with van der Waals surface area (Å²) >= 11 is 1.48. The van der Waals surface area contributed by atoms with Crippen LogP contribution in [0.4, 0.5) is 9.52 Å². The Labute approximate surface area is 183 Å². The topological polar surface area (TPSA) is 46.9 Å². The fourth-order valence-corrected chi connectivity index (χ4v) is 4.78. The number of fused-ring (bicyclic) bond motifs is 2. The minimum Gasteiger partial charge on any atom is -0.343 e. The number of nitrogens with zero attached hydrogens (tertiary/aromatic N) is 2. The highest BCUT2D eigenvalue weighted by molar-refractivity contribution is 7.22. The molecule has 6 heteroatoms. The van der Waals surface area contributed by atoms with Crippen molar-refractivity contribution < 1.29 is 9.18 Å². The van der Waals surface area contributed by atoms with Gasteiger partial charge in [0.25, 0.3) is 0 Å². The number of halogens is 1. The molecule has 0 saturated heterocycles. The normalized spacial score (nSPS) is 11.3. The molecule has 5 aromatic rings. The van der Waals surface area contributed by atoms with Gasteiger partial charge in [-0.2, -0.15) is 0 Å². The fourth-order valence-electron chi connectivity index (χ4n) is 3.80. The predicted molar refractivity (Wildman–Crippen MR) is 124 cm³/mol. The summed E-state index contributed by atoms with van der Waals surface area (Å²) in [5.74, 6) is -0.344. The number of nitrogens with one attached hydrogen (secondary N) is 1. The van der Waals surface area contributed by atoms with Crippen LogP contribution >= 0.6 is 11.3 Å². The summed E-state index contributed by atoms with van der Waals surface area (Å²) in [5, 5.41) is 4.60. The van der Waals surface area contributed by atoms with Gasteiger partial charge >= 0.3 is 0 Å². The minimum atomic E-state index is -0.247. The molecule has 0 unspecified atom stereocenters. The molecule has 0 fully saturated rings. The average molecular weight is 430 g/mol. The molecule has 0 bridgehead atoms. The molecule has 154 valence electrons. The van der Waals surface area contributed by atoms with E-state index in [1.54, 1.807) is 12.1 Å². The Morgan fingerprint density at radius 1 is 1.10 bits per heavy atom. The number of carbonyl (C=O) groups excluding carboxylic acids is 1. The number of thiazole rings is 1. The summed E-state index contributed by atoms with van der Waals surface area (Å²) in [6.45, 7) is 2.65. The number of anilines is 1. The number of hydrogen-bond acceptors (Lipinski definition) is 3. The molecule has 0 spiro atoms. The van der Waals surface area contributed by atoms with E-state index in [-0.39, 0.29) is 18.1 Å². The SMILES string of the molecule is Cc1ccc2nc(NC(=O)Cc3cn(Cc4ccc(F)cc4)c4ccccc34)sc2c1. The summed E-state index contributed by atoms with van der Waals surface area (Å²) in [7, 11) is 0. The number of rotatable bonds is 5. The van der Waals surface area contributed by atoms with Gasteiger partial charge in [0.15, 0.2) is 5.13 Å². The van der Waals surface area contributed by atoms with Gasteiger partial charge in [0.1, 0.15) is 5.82 Å². The molecule has 0 aliphatic heterocycles. The van der Waals surface area contributed by atoms with E-state index in [1.165, 1.54) is 29.0 Å². The Morgan fingerprint density at radius 2 is 1.90 bits per heavy atom. The highest BCUT2D eigenvalue weighted by atomic mass is 32.1. The summed E-state index contributed by atoms with van der Waals surface area (Å²) in [5.41, 5.74) is 5.06. The molecule has 1 amide bonds.